The minimum atomic E-state index is -0.853. The summed E-state index contributed by atoms with van der Waals surface area (Å²) in [5.41, 5.74) is 0.946. The molecule has 2 rings (SSSR count). The van der Waals surface area contributed by atoms with E-state index in [-0.39, 0.29) is 36.8 Å². The Morgan fingerprint density at radius 3 is 1.91 bits per heavy atom. The molecule has 4 atom stereocenters. The fourth-order valence-electron chi connectivity index (χ4n) is 5.28. The molecule has 1 aliphatic heterocycles. The first-order chi connectivity index (χ1) is 21.6. The van der Waals surface area contributed by atoms with E-state index < -0.39 is 47.8 Å². The number of nitrogens with zero attached hydrogens (tertiary/aromatic N) is 2. The van der Waals surface area contributed by atoms with Gasteiger partial charge >= 0.3 is 0 Å². The molecule has 254 valence electrons. The Bertz CT molecular complexity index is 1250. The fourth-order valence-corrected chi connectivity index (χ4v) is 5.28. The molecule has 5 amide bonds. The topological polar surface area (TPSA) is 137 Å². The summed E-state index contributed by atoms with van der Waals surface area (Å²) >= 11 is 0. The van der Waals surface area contributed by atoms with E-state index in [0.29, 0.717) is 18.6 Å². The van der Waals surface area contributed by atoms with Gasteiger partial charge in [-0.1, -0.05) is 78.0 Å². The van der Waals surface area contributed by atoms with Crippen LogP contribution in [0.25, 0.3) is 0 Å². The molecule has 0 aliphatic carbocycles. The van der Waals surface area contributed by atoms with Gasteiger partial charge in [0.15, 0.2) is 0 Å². The second-order valence-corrected chi connectivity index (χ2v) is 13.3. The summed E-state index contributed by atoms with van der Waals surface area (Å²) in [6, 6.07) is 6.87. The molecule has 0 saturated carbocycles. The van der Waals surface area contributed by atoms with Crippen LogP contribution in [0, 0.1) is 17.8 Å². The van der Waals surface area contributed by atoms with Gasteiger partial charge in [-0.25, -0.2) is 0 Å². The monoisotopic (exact) mass is 639 g/mol. The van der Waals surface area contributed by atoms with E-state index in [1.165, 1.54) is 18.2 Å². The van der Waals surface area contributed by atoms with Gasteiger partial charge < -0.3 is 20.7 Å². The van der Waals surface area contributed by atoms with E-state index in [1.807, 2.05) is 90.9 Å². The van der Waals surface area contributed by atoms with Crippen molar-refractivity contribution in [3.8, 4) is 0 Å². The van der Waals surface area contributed by atoms with Gasteiger partial charge in [0.2, 0.25) is 17.7 Å². The highest BCUT2D eigenvalue weighted by Crippen LogP contribution is 2.16. The van der Waals surface area contributed by atoms with Crippen LogP contribution < -0.4 is 16.0 Å². The highest BCUT2D eigenvalue weighted by Gasteiger charge is 2.32. The Balaban J connectivity index is 2.01. The molecule has 0 saturated heterocycles. The molecule has 1 heterocycles. The molecular weight excluding hydrogens is 586 g/mol. The molecular formula is C35H53N5O6. The van der Waals surface area contributed by atoms with Crippen LogP contribution in [0.2, 0.25) is 0 Å². The van der Waals surface area contributed by atoms with Crippen molar-refractivity contribution in [3.05, 3.63) is 59.9 Å². The third-order valence-corrected chi connectivity index (χ3v) is 7.43. The van der Waals surface area contributed by atoms with Gasteiger partial charge in [-0.2, -0.15) is 0 Å². The van der Waals surface area contributed by atoms with Crippen molar-refractivity contribution in [3.63, 3.8) is 0 Å². The number of imide groups is 1. The molecule has 0 fully saturated rings. The minimum Gasteiger partial charge on any atom is -0.491 e. The number of hydrogen-bond donors (Lipinski definition) is 3. The first kappa shape index (κ1) is 38.2. The van der Waals surface area contributed by atoms with Crippen LogP contribution >= 0.6 is 0 Å². The zero-order valence-corrected chi connectivity index (χ0v) is 28.8. The number of amides is 5. The molecule has 1 aliphatic rings. The molecule has 1 aromatic rings. The molecule has 0 spiro atoms. The zero-order chi connectivity index (χ0) is 34.6. The fraction of sp³-hybridized carbons (Fsp3) is 0.571. The lowest BCUT2D eigenvalue weighted by Gasteiger charge is -2.30. The Morgan fingerprint density at radius 1 is 0.848 bits per heavy atom. The third-order valence-electron chi connectivity index (χ3n) is 7.43. The summed E-state index contributed by atoms with van der Waals surface area (Å²) < 4.78 is 5.70. The van der Waals surface area contributed by atoms with Crippen LogP contribution in [-0.2, 0) is 35.3 Å². The predicted molar refractivity (Wildman–Crippen MR) is 178 cm³/mol. The van der Waals surface area contributed by atoms with Crippen LogP contribution in [0.15, 0.2) is 54.3 Å². The van der Waals surface area contributed by atoms with Crippen molar-refractivity contribution in [2.45, 2.75) is 92.1 Å². The number of ether oxygens (including phenoxy) is 1. The molecule has 11 heteroatoms. The SMILES string of the molecule is CC(C)C[C@H](NC(=O)[C@H](CC(C)C)NC(=O)[C@H](C(C)C)N(C)C)C(=O)N[C@@H](C)/C=C/C(=O)N1CC(OCc2ccccc2)=CC1=O. The predicted octanol–water partition coefficient (Wildman–Crippen LogP) is 3.16. The summed E-state index contributed by atoms with van der Waals surface area (Å²) in [7, 11) is 3.65. The van der Waals surface area contributed by atoms with Crippen molar-refractivity contribution >= 4 is 29.5 Å². The van der Waals surface area contributed by atoms with Gasteiger partial charge in [0.05, 0.1) is 12.6 Å². The maximum absolute atomic E-state index is 13.5. The van der Waals surface area contributed by atoms with Gasteiger partial charge in [0, 0.05) is 18.2 Å². The summed E-state index contributed by atoms with van der Waals surface area (Å²) in [5, 5.41) is 8.61. The smallest absolute Gasteiger partial charge is 0.257 e. The molecule has 1 aromatic carbocycles. The number of likely N-dealkylation sites (N-methyl/N-ethyl adjacent to an activating group) is 1. The summed E-state index contributed by atoms with van der Waals surface area (Å²) in [6.07, 6.45) is 4.84. The van der Waals surface area contributed by atoms with Gasteiger partial charge in [-0.15, -0.1) is 0 Å². The quantitative estimate of drug-likeness (QED) is 0.223. The second-order valence-electron chi connectivity index (χ2n) is 13.3. The minimum absolute atomic E-state index is 0.0264. The van der Waals surface area contributed by atoms with Crippen molar-refractivity contribution < 1.29 is 28.7 Å². The van der Waals surface area contributed by atoms with E-state index >= 15 is 0 Å². The van der Waals surface area contributed by atoms with E-state index in [0.717, 1.165) is 10.5 Å². The molecule has 0 unspecified atom stereocenters. The van der Waals surface area contributed by atoms with Gasteiger partial charge in [-0.05, 0) is 57.2 Å². The lowest BCUT2D eigenvalue weighted by Crippen LogP contribution is -2.57. The Labute approximate surface area is 274 Å². The van der Waals surface area contributed by atoms with Crippen LogP contribution in [0.3, 0.4) is 0 Å². The Hall–Kier alpha value is -3.99. The Kier molecular flexibility index (Phi) is 15.1. The second kappa shape index (κ2) is 18.2. The van der Waals surface area contributed by atoms with Crippen LogP contribution in [0.5, 0.6) is 0 Å². The molecule has 0 bridgehead atoms. The van der Waals surface area contributed by atoms with E-state index in [2.05, 4.69) is 16.0 Å². The first-order valence-corrected chi connectivity index (χ1v) is 16.1. The lowest BCUT2D eigenvalue weighted by molar-refractivity contribution is -0.137. The van der Waals surface area contributed by atoms with Crippen LogP contribution in [-0.4, -0.2) is 84.1 Å². The van der Waals surface area contributed by atoms with Crippen molar-refractivity contribution in [1.29, 1.82) is 0 Å². The highest BCUT2D eigenvalue weighted by atomic mass is 16.5. The standard InChI is InChI=1S/C35H53N5O6/c1-22(2)17-28(37-34(44)29(18-23(3)4)38-35(45)32(24(5)6)39(8)9)33(43)36-25(7)15-16-30(41)40-20-27(19-31(40)42)46-21-26-13-11-10-12-14-26/h10-16,19,22-25,28-29,32H,17-18,20-21H2,1-9H3,(H,36,43)(H,37,44)(H,38,45)/b16-15+/t25-,28-,29-,32-/m0/s1. The number of carbonyl (C=O) groups excluding carboxylic acids is 5. The first-order valence-electron chi connectivity index (χ1n) is 16.1. The van der Waals surface area contributed by atoms with Crippen LogP contribution in [0.4, 0.5) is 0 Å². The Morgan fingerprint density at radius 2 is 1.39 bits per heavy atom. The van der Waals surface area contributed by atoms with Crippen molar-refractivity contribution in [1.82, 2.24) is 25.8 Å². The van der Waals surface area contributed by atoms with Gasteiger partial charge in [0.25, 0.3) is 11.8 Å². The van der Waals surface area contributed by atoms with E-state index in [1.54, 1.807) is 6.92 Å². The number of rotatable bonds is 17. The molecule has 0 aromatic heterocycles. The summed E-state index contributed by atoms with van der Waals surface area (Å²) in [5.74, 6) is -1.43. The van der Waals surface area contributed by atoms with E-state index in [9.17, 15) is 24.0 Å². The maximum atomic E-state index is 13.5. The normalized spacial score (nSPS) is 16.1. The molecule has 46 heavy (non-hydrogen) atoms. The number of benzene rings is 1. The summed E-state index contributed by atoms with van der Waals surface area (Å²) in [6.45, 7) is 13.7. The van der Waals surface area contributed by atoms with Crippen molar-refractivity contribution in [2.24, 2.45) is 17.8 Å². The average Bonchev–Trinajstić information content (AvgIpc) is 3.34. The third kappa shape index (κ3) is 12.4. The number of carbonyl (C=O) groups is 5. The van der Waals surface area contributed by atoms with Crippen LogP contribution in [0.1, 0.15) is 66.9 Å². The largest absolute Gasteiger partial charge is 0.491 e. The summed E-state index contributed by atoms with van der Waals surface area (Å²) in [4.78, 5) is 68.1. The van der Waals surface area contributed by atoms with E-state index in [4.69, 9.17) is 4.74 Å². The average molecular weight is 640 g/mol. The molecule has 0 radical (unpaired) electrons. The van der Waals surface area contributed by atoms with Crippen molar-refractivity contribution in [2.75, 3.05) is 20.6 Å². The number of hydrogen-bond acceptors (Lipinski definition) is 7. The number of nitrogens with one attached hydrogen (secondary N) is 3. The molecule has 3 N–H and O–H groups in total. The maximum Gasteiger partial charge on any atom is 0.257 e. The van der Waals surface area contributed by atoms with Gasteiger partial charge in [-0.3, -0.25) is 33.8 Å². The zero-order valence-electron chi connectivity index (χ0n) is 28.8. The molecule has 11 nitrogen and oxygen atoms in total. The highest BCUT2D eigenvalue weighted by molar-refractivity contribution is 6.07. The van der Waals surface area contributed by atoms with Gasteiger partial charge in [0.1, 0.15) is 24.4 Å². The lowest BCUT2D eigenvalue weighted by atomic mass is 9.98.